The summed E-state index contributed by atoms with van der Waals surface area (Å²) in [5.74, 6) is -1.41. The van der Waals surface area contributed by atoms with Gasteiger partial charge in [-0.2, -0.15) is 4.31 Å². The van der Waals surface area contributed by atoms with Crippen LogP contribution in [0.25, 0.3) is 0 Å². The first kappa shape index (κ1) is 21.0. The molecular formula is C21H24N2O5S. The fourth-order valence-electron chi connectivity index (χ4n) is 3.36. The van der Waals surface area contributed by atoms with E-state index < -0.39 is 16.0 Å². The van der Waals surface area contributed by atoms with Gasteiger partial charge in [0.2, 0.25) is 10.0 Å². The smallest absolute Gasteiger partial charge is 0.337 e. The minimum absolute atomic E-state index is 0.0674. The highest BCUT2D eigenvalue weighted by Crippen LogP contribution is 2.21. The average Bonchev–Trinajstić information content (AvgIpc) is 3.02. The molecule has 2 N–H and O–H groups in total. The van der Waals surface area contributed by atoms with Gasteiger partial charge in [-0.1, -0.05) is 37.1 Å². The highest BCUT2D eigenvalue weighted by molar-refractivity contribution is 7.89. The molecule has 2 aromatic carbocycles. The zero-order chi connectivity index (χ0) is 20.9. The van der Waals surface area contributed by atoms with E-state index >= 15 is 0 Å². The molecule has 0 atom stereocenters. The third-order valence-electron chi connectivity index (χ3n) is 4.96. The molecule has 1 fully saturated rings. The van der Waals surface area contributed by atoms with Crippen molar-refractivity contribution in [1.29, 1.82) is 0 Å². The maximum atomic E-state index is 12.9. The maximum Gasteiger partial charge on any atom is 0.337 e. The zero-order valence-electron chi connectivity index (χ0n) is 16.0. The number of carboxylic acids is 1. The molecular weight excluding hydrogens is 392 g/mol. The third kappa shape index (κ3) is 5.02. The Labute approximate surface area is 170 Å². The van der Waals surface area contributed by atoms with E-state index in [4.69, 9.17) is 0 Å². The minimum atomic E-state index is -3.64. The van der Waals surface area contributed by atoms with Crippen molar-refractivity contribution in [3.63, 3.8) is 0 Å². The molecule has 0 unspecified atom stereocenters. The number of Topliss-reactive ketones (excluding diaryl/α,β-unsaturated/α-hetero) is 1. The van der Waals surface area contributed by atoms with Gasteiger partial charge in [0.05, 0.1) is 17.0 Å². The number of carboxylic acid groups (broad SMARTS) is 1. The van der Waals surface area contributed by atoms with Crippen LogP contribution in [-0.2, 0) is 10.0 Å². The van der Waals surface area contributed by atoms with Crippen LogP contribution >= 0.6 is 0 Å². The summed E-state index contributed by atoms with van der Waals surface area (Å²) >= 11 is 0. The van der Waals surface area contributed by atoms with Crippen LogP contribution in [0.2, 0.25) is 0 Å². The predicted molar refractivity (Wildman–Crippen MR) is 110 cm³/mol. The Hall–Kier alpha value is -2.71. The SMILES string of the molecule is O=C(CNc1ccccc1C(=O)O)c1cccc(S(=O)(=O)N2CCCCCC2)c1. The van der Waals surface area contributed by atoms with Gasteiger partial charge in [0.15, 0.2) is 5.78 Å². The van der Waals surface area contributed by atoms with E-state index in [-0.39, 0.29) is 28.4 Å². The molecule has 0 amide bonds. The molecule has 2 aromatic rings. The largest absolute Gasteiger partial charge is 0.478 e. The van der Waals surface area contributed by atoms with Crippen LogP contribution in [-0.4, -0.2) is 49.2 Å². The highest BCUT2D eigenvalue weighted by Gasteiger charge is 2.25. The maximum absolute atomic E-state index is 12.9. The van der Waals surface area contributed by atoms with Gasteiger partial charge in [0, 0.05) is 24.3 Å². The van der Waals surface area contributed by atoms with E-state index in [0.29, 0.717) is 18.8 Å². The summed E-state index contributed by atoms with van der Waals surface area (Å²) in [4.78, 5) is 24.0. The first-order valence-corrected chi connectivity index (χ1v) is 11.0. The summed E-state index contributed by atoms with van der Waals surface area (Å²) in [6.45, 7) is 0.847. The molecule has 0 spiro atoms. The van der Waals surface area contributed by atoms with Gasteiger partial charge >= 0.3 is 5.97 Å². The Balaban J connectivity index is 1.75. The predicted octanol–water partition coefficient (Wildman–Crippen LogP) is 3.24. The number of hydrogen-bond donors (Lipinski definition) is 2. The number of rotatable bonds is 7. The Bertz CT molecular complexity index is 996. The second-order valence-electron chi connectivity index (χ2n) is 6.97. The lowest BCUT2D eigenvalue weighted by atomic mass is 10.1. The molecule has 1 heterocycles. The van der Waals surface area contributed by atoms with E-state index in [0.717, 1.165) is 25.7 Å². The Morgan fingerprint density at radius 2 is 1.66 bits per heavy atom. The summed E-state index contributed by atoms with van der Waals surface area (Å²) in [6.07, 6.45) is 3.72. The second-order valence-corrected chi connectivity index (χ2v) is 8.91. The Morgan fingerprint density at radius 1 is 0.966 bits per heavy atom. The van der Waals surface area contributed by atoms with Gasteiger partial charge in [-0.3, -0.25) is 4.79 Å². The molecule has 0 saturated carbocycles. The Morgan fingerprint density at radius 3 is 2.34 bits per heavy atom. The summed E-state index contributed by atoms with van der Waals surface area (Å²) < 4.78 is 27.4. The van der Waals surface area contributed by atoms with Gasteiger partial charge in [-0.05, 0) is 37.1 Å². The lowest BCUT2D eigenvalue weighted by molar-refractivity contribution is 0.0697. The fraction of sp³-hybridized carbons (Fsp3) is 0.333. The van der Waals surface area contributed by atoms with Crippen molar-refractivity contribution in [2.24, 2.45) is 0 Å². The lowest BCUT2D eigenvalue weighted by Crippen LogP contribution is -2.32. The number of ketones is 1. The molecule has 1 saturated heterocycles. The number of anilines is 1. The van der Waals surface area contributed by atoms with E-state index in [1.165, 1.54) is 22.5 Å². The quantitative estimate of drug-likeness (QED) is 0.672. The number of aromatic carboxylic acids is 1. The molecule has 1 aliphatic rings. The molecule has 0 aliphatic carbocycles. The molecule has 29 heavy (non-hydrogen) atoms. The number of hydrogen-bond acceptors (Lipinski definition) is 5. The van der Waals surface area contributed by atoms with Crippen molar-refractivity contribution in [3.05, 3.63) is 59.7 Å². The standard InChI is InChI=1S/C21H24N2O5S/c24-20(15-22-19-11-4-3-10-18(19)21(25)26)16-8-7-9-17(14-16)29(27,28)23-12-5-1-2-6-13-23/h3-4,7-11,14,22H,1-2,5-6,12-13,15H2,(H,25,26). The van der Waals surface area contributed by atoms with Crippen molar-refractivity contribution in [3.8, 4) is 0 Å². The van der Waals surface area contributed by atoms with Gasteiger partial charge in [-0.25, -0.2) is 13.2 Å². The van der Waals surface area contributed by atoms with Crippen LogP contribution < -0.4 is 5.32 Å². The van der Waals surface area contributed by atoms with Gasteiger partial charge < -0.3 is 10.4 Å². The second kappa shape index (κ2) is 9.19. The molecule has 3 rings (SSSR count). The van der Waals surface area contributed by atoms with E-state index in [2.05, 4.69) is 5.32 Å². The molecule has 8 heteroatoms. The zero-order valence-corrected chi connectivity index (χ0v) is 16.8. The van der Waals surface area contributed by atoms with Crippen LogP contribution in [0.3, 0.4) is 0 Å². The van der Waals surface area contributed by atoms with Crippen LogP contribution in [0.5, 0.6) is 0 Å². The van der Waals surface area contributed by atoms with Crippen molar-refractivity contribution in [2.45, 2.75) is 30.6 Å². The van der Waals surface area contributed by atoms with Crippen molar-refractivity contribution >= 4 is 27.5 Å². The van der Waals surface area contributed by atoms with Crippen molar-refractivity contribution < 1.29 is 23.1 Å². The van der Waals surface area contributed by atoms with Gasteiger partial charge in [0.25, 0.3) is 0 Å². The summed E-state index contributed by atoms with van der Waals surface area (Å²) in [6, 6.07) is 12.3. The van der Waals surface area contributed by atoms with Gasteiger partial charge in [0.1, 0.15) is 0 Å². The van der Waals surface area contributed by atoms with Crippen molar-refractivity contribution in [2.75, 3.05) is 25.0 Å². The monoisotopic (exact) mass is 416 g/mol. The number of benzene rings is 2. The Kier molecular flexibility index (Phi) is 6.66. The number of para-hydroxylation sites is 1. The molecule has 1 aliphatic heterocycles. The topological polar surface area (TPSA) is 104 Å². The van der Waals surface area contributed by atoms with Crippen molar-refractivity contribution in [1.82, 2.24) is 4.31 Å². The molecule has 154 valence electrons. The van der Waals surface area contributed by atoms with Crippen LogP contribution in [0.4, 0.5) is 5.69 Å². The number of carbonyl (C=O) groups is 2. The number of nitrogens with one attached hydrogen (secondary N) is 1. The normalized spacial score (nSPS) is 15.4. The molecule has 0 aromatic heterocycles. The molecule has 0 radical (unpaired) electrons. The summed E-state index contributed by atoms with van der Waals surface area (Å²) in [5, 5.41) is 12.1. The van der Waals surface area contributed by atoms with E-state index in [1.807, 2.05) is 0 Å². The first-order valence-electron chi connectivity index (χ1n) is 9.59. The van der Waals surface area contributed by atoms with E-state index in [1.54, 1.807) is 30.3 Å². The van der Waals surface area contributed by atoms with Gasteiger partial charge in [-0.15, -0.1) is 0 Å². The lowest BCUT2D eigenvalue weighted by Gasteiger charge is -2.20. The number of nitrogens with zero attached hydrogens (tertiary/aromatic N) is 1. The molecule has 0 bridgehead atoms. The minimum Gasteiger partial charge on any atom is -0.478 e. The third-order valence-corrected chi connectivity index (χ3v) is 6.85. The van der Waals surface area contributed by atoms with E-state index in [9.17, 15) is 23.1 Å². The number of sulfonamides is 1. The number of carbonyl (C=O) groups excluding carboxylic acids is 1. The summed E-state index contributed by atoms with van der Waals surface area (Å²) in [7, 11) is -3.64. The fourth-order valence-corrected chi connectivity index (χ4v) is 4.93. The average molecular weight is 416 g/mol. The molecule has 7 nitrogen and oxygen atoms in total. The van der Waals surface area contributed by atoms with Crippen LogP contribution in [0, 0.1) is 0 Å². The first-order chi connectivity index (χ1) is 13.9. The highest BCUT2D eigenvalue weighted by atomic mass is 32.2. The summed E-state index contributed by atoms with van der Waals surface area (Å²) in [5.41, 5.74) is 0.667. The van der Waals surface area contributed by atoms with Crippen LogP contribution in [0.1, 0.15) is 46.4 Å². The van der Waals surface area contributed by atoms with Crippen LogP contribution in [0.15, 0.2) is 53.4 Å².